The topological polar surface area (TPSA) is 41.5 Å². The lowest BCUT2D eigenvalue weighted by Gasteiger charge is -2.40. The number of halogens is 3. The van der Waals surface area contributed by atoms with E-state index in [2.05, 4.69) is 5.32 Å². The molecule has 3 nitrogen and oxygen atoms in total. The highest BCUT2D eigenvalue weighted by molar-refractivity contribution is 6.42. The van der Waals surface area contributed by atoms with Gasteiger partial charge in [-0.25, -0.2) is 0 Å². The Morgan fingerprint density at radius 2 is 1.83 bits per heavy atom. The molecule has 0 spiro atoms. The Hall–Kier alpha value is -0.810. The lowest BCUT2D eigenvalue weighted by atomic mass is 9.82. The van der Waals surface area contributed by atoms with Gasteiger partial charge in [0.05, 0.1) is 16.7 Å². The Morgan fingerprint density at radius 3 is 2.54 bits per heavy atom. The Bertz CT molecular complexity index is 708. The van der Waals surface area contributed by atoms with Gasteiger partial charge in [0, 0.05) is 11.6 Å². The van der Waals surface area contributed by atoms with Gasteiger partial charge in [0.2, 0.25) is 0 Å². The summed E-state index contributed by atoms with van der Waals surface area (Å²) >= 11 is 17.9. The van der Waals surface area contributed by atoms with Gasteiger partial charge in [-0.1, -0.05) is 53.0 Å². The van der Waals surface area contributed by atoms with Crippen molar-refractivity contribution in [1.29, 1.82) is 0 Å². The SMILES string of the molecule is O[C@@]1(c2ccc(Cl)cc2)CCNC[C@H]1OCc1ccc(Cl)c(Cl)c1. The molecule has 0 bridgehead atoms. The molecule has 1 aliphatic heterocycles. The third kappa shape index (κ3) is 3.88. The number of aliphatic hydroxyl groups is 1. The van der Waals surface area contributed by atoms with Crippen LogP contribution in [0.4, 0.5) is 0 Å². The Labute approximate surface area is 156 Å². The fourth-order valence-corrected chi connectivity index (χ4v) is 3.38. The average molecular weight is 387 g/mol. The fraction of sp³-hybridized carbons (Fsp3) is 0.333. The first-order chi connectivity index (χ1) is 11.5. The molecule has 3 rings (SSSR count). The van der Waals surface area contributed by atoms with Gasteiger partial charge in [-0.05, 0) is 48.4 Å². The van der Waals surface area contributed by atoms with Crippen LogP contribution in [0.2, 0.25) is 15.1 Å². The smallest absolute Gasteiger partial charge is 0.118 e. The molecule has 0 radical (unpaired) electrons. The van der Waals surface area contributed by atoms with Crippen molar-refractivity contribution in [3.63, 3.8) is 0 Å². The van der Waals surface area contributed by atoms with E-state index in [1.165, 1.54) is 0 Å². The van der Waals surface area contributed by atoms with E-state index in [4.69, 9.17) is 39.5 Å². The lowest BCUT2D eigenvalue weighted by molar-refractivity contribution is -0.134. The average Bonchev–Trinajstić information content (AvgIpc) is 2.57. The predicted octanol–water partition coefficient (Wildman–Crippen LogP) is 4.41. The molecule has 2 aromatic rings. The minimum Gasteiger partial charge on any atom is -0.382 e. The van der Waals surface area contributed by atoms with Gasteiger partial charge in [0.1, 0.15) is 11.7 Å². The van der Waals surface area contributed by atoms with Crippen molar-refractivity contribution in [1.82, 2.24) is 5.32 Å². The molecule has 0 aliphatic carbocycles. The van der Waals surface area contributed by atoms with Crippen LogP contribution in [0.5, 0.6) is 0 Å². The van der Waals surface area contributed by atoms with Crippen LogP contribution in [-0.4, -0.2) is 24.3 Å². The number of rotatable bonds is 4. The van der Waals surface area contributed by atoms with Gasteiger partial charge in [-0.15, -0.1) is 0 Å². The Kier molecular flexibility index (Phi) is 5.70. The van der Waals surface area contributed by atoms with E-state index in [0.29, 0.717) is 34.6 Å². The van der Waals surface area contributed by atoms with E-state index in [9.17, 15) is 5.11 Å². The first-order valence-corrected chi connectivity index (χ1v) is 8.87. The van der Waals surface area contributed by atoms with E-state index in [-0.39, 0.29) is 6.10 Å². The van der Waals surface area contributed by atoms with E-state index in [0.717, 1.165) is 17.7 Å². The van der Waals surface area contributed by atoms with Gasteiger partial charge in [-0.3, -0.25) is 0 Å². The van der Waals surface area contributed by atoms with Crippen molar-refractivity contribution < 1.29 is 9.84 Å². The number of hydrogen-bond acceptors (Lipinski definition) is 3. The maximum Gasteiger partial charge on any atom is 0.118 e. The van der Waals surface area contributed by atoms with Crippen LogP contribution in [0.3, 0.4) is 0 Å². The van der Waals surface area contributed by atoms with E-state index in [1.54, 1.807) is 24.3 Å². The molecule has 0 amide bonds. The monoisotopic (exact) mass is 385 g/mol. The van der Waals surface area contributed by atoms with E-state index in [1.807, 2.05) is 18.2 Å². The highest BCUT2D eigenvalue weighted by Crippen LogP contribution is 2.34. The van der Waals surface area contributed by atoms with Crippen molar-refractivity contribution in [2.75, 3.05) is 13.1 Å². The minimum atomic E-state index is -1.05. The van der Waals surface area contributed by atoms with Crippen LogP contribution in [0.15, 0.2) is 42.5 Å². The number of benzene rings is 2. The predicted molar refractivity (Wildman–Crippen MR) is 97.9 cm³/mol. The summed E-state index contributed by atoms with van der Waals surface area (Å²) in [5, 5.41) is 16.1. The molecule has 1 saturated heterocycles. The Morgan fingerprint density at radius 1 is 1.08 bits per heavy atom. The highest BCUT2D eigenvalue weighted by atomic mass is 35.5. The number of ether oxygens (including phenoxy) is 1. The number of hydrogen-bond donors (Lipinski definition) is 2. The second-order valence-electron chi connectivity index (χ2n) is 5.93. The molecular weight excluding hydrogens is 369 g/mol. The fourth-order valence-electron chi connectivity index (χ4n) is 2.93. The van der Waals surface area contributed by atoms with Crippen LogP contribution < -0.4 is 5.32 Å². The summed E-state index contributed by atoms with van der Waals surface area (Å²) < 4.78 is 6.02. The molecule has 1 aliphatic rings. The number of nitrogens with one attached hydrogen (secondary N) is 1. The molecule has 128 valence electrons. The summed E-state index contributed by atoms with van der Waals surface area (Å²) in [6, 6.07) is 12.7. The first-order valence-electron chi connectivity index (χ1n) is 7.74. The summed E-state index contributed by atoms with van der Waals surface area (Å²) in [5.41, 5.74) is 0.674. The maximum atomic E-state index is 11.2. The van der Waals surface area contributed by atoms with Gasteiger partial charge in [-0.2, -0.15) is 0 Å². The summed E-state index contributed by atoms with van der Waals surface area (Å²) in [4.78, 5) is 0. The van der Waals surface area contributed by atoms with Gasteiger partial charge in [0.25, 0.3) is 0 Å². The highest BCUT2D eigenvalue weighted by Gasteiger charge is 2.41. The summed E-state index contributed by atoms with van der Waals surface area (Å²) in [6.45, 7) is 1.64. The van der Waals surface area contributed by atoms with Gasteiger partial charge < -0.3 is 15.2 Å². The minimum absolute atomic E-state index is 0.346. The molecule has 2 N–H and O–H groups in total. The van der Waals surface area contributed by atoms with Gasteiger partial charge >= 0.3 is 0 Å². The number of piperidine rings is 1. The second-order valence-corrected chi connectivity index (χ2v) is 7.18. The summed E-state index contributed by atoms with van der Waals surface area (Å²) in [6.07, 6.45) is 0.197. The quantitative estimate of drug-likeness (QED) is 0.817. The first kappa shape index (κ1) is 18.0. The van der Waals surface area contributed by atoms with Crippen molar-refractivity contribution in [2.45, 2.75) is 24.7 Å². The van der Waals surface area contributed by atoms with E-state index < -0.39 is 5.60 Å². The van der Waals surface area contributed by atoms with Crippen molar-refractivity contribution >= 4 is 34.8 Å². The summed E-state index contributed by atoms with van der Waals surface area (Å²) in [7, 11) is 0. The van der Waals surface area contributed by atoms with Crippen molar-refractivity contribution in [2.24, 2.45) is 0 Å². The third-order valence-electron chi connectivity index (χ3n) is 4.32. The maximum absolute atomic E-state index is 11.2. The molecule has 6 heteroatoms. The van der Waals surface area contributed by atoms with Gasteiger partial charge in [0.15, 0.2) is 0 Å². The van der Waals surface area contributed by atoms with Crippen molar-refractivity contribution in [3.05, 3.63) is 68.7 Å². The van der Waals surface area contributed by atoms with E-state index >= 15 is 0 Å². The van der Waals surface area contributed by atoms with Crippen LogP contribution in [0.1, 0.15) is 17.5 Å². The third-order valence-corrected chi connectivity index (χ3v) is 5.32. The largest absolute Gasteiger partial charge is 0.382 e. The molecule has 2 atom stereocenters. The van der Waals surface area contributed by atoms with Crippen molar-refractivity contribution in [3.8, 4) is 0 Å². The zero-order chi connectivity index (χ0) is 17.2. The lowest BCUT2D eigenvalue weighted by Crippen LogP contribution is -2.53. The normalized spacial score (nSPS) is 24.1. The molecule has 1 fully saturated rings. The van der Waals surface area contributed by atoms with Crippen LogP contribution in [-0.2, 0) is 16.9 Å². The molecule has 0 unspecified atom stereocenters. The zero-order valence-corrected chi connectivity index (χ0v) is 15.2. The zero-order valence-electron chi connectivity index (χ0n) is 12.9. The van der Waals surface area contributed by atoms with Crippen LogP contribution in [0, 0.1) is 0 Å². The molecule has 0 saturated carbocycles. The molecule has 1 heterocycles. The molecule has 2 aromatic carbocycles. The second kappa shape index (κ2) is 7.61. The molecular formula is C18H18Cl3NO2. The standard InChI is InChI=1S/C18H18Cl3NO2/c19-14-4-2-13(3-5-14)18(23)7-8-22-10-17(18)24-11-12-1-6-15(20)16(21)9-12/h1-6,9,17,22-23H,7-8,10-11H2/t17-,18-/m1/s1. The molecule has 24 heavy (non-hydrogen) atoms. The Balaban J connectivity index is 1.76. The van der Waals surface area contributed by atoms with Crippen LogP contribution in [0.25, 0.3) is 0 Å². The summed E-state index contributed by atoms with van der Waals surface area (Å²) in [5.74, 6) is 0. The molecule has 0 aromatic heterocycles. The van der Waals surface area contributed by atoms with Crippen LogP contribution >= 0.6 is 34.8 Å².